The van der Waals surface area contributed by atoms with Crippen LogP contribution >= 0.6 is 0 Å². The zero-order chi connectivity index (χ0) is 20.6. The third-order valence-electron chi connectivity index (χ3n) is 6.08. The number of hydrogen-bond acceptors (Lipinski definition) is 4. The van der Waals surface area contributed by atoms with E-state index in [9.17, 15) is 8.42 Å². The van der Waals surface area contributed by atoms with Crippen molar-refractivity contribution in [3.05, 3.63) is 79.1 Å². The molecule has 0 saturated carbocycles. The standard InChI is InChI=1S/C24H24N2O3S/c27-30(28,24-10-4-8-19(14-24)18-6-2-1-3-7-18)26-20-11-12-21(26)16-23(15-20)29-22-9-5-13-25-17-22/h1-10,13-14,17,20-21,23H,11-12,15-16H2. The van der Waals surface area contributed by atoms with Crippen molar-refractivity contribution in [2.75, 3.05) is 0 Å². The second kappa shape index (κ2) is 7.85. The van der Waals surface area contributed by atoms with Gasteiger partial charge >= 0.3 is 0 Å². The van der Waals surface area contributed by atoms with Gasteiger partial charge in [-0.25, -0.2) is 8.42 Å². The zero-order valence-electron chi connectivity index (χ0n) is 16.6. The molecular formula is C24H24N2O3S. The molecule has 2 saturated heterocycles. The van der Waals surface area contributed by atoms with Crippen LogP contribution in [0.3, 0.4) is 0 Å². The summed E-state index contributed by atoms with van der Waals surface area (Å²) in [6.07, 6.45) is 6.64. The van der Waals surface area contributed by atoms with Gasteiger partial charge in [0.05, 0.1) is 11.1 Å². The number of piperidine rings is 1. The average molecular weight is 421 g/mol. The fourth-order valence-corrected chi connectivity index (χ4v) is 6.71. The second-order valence-electron chi connectivity index (χ2n) is 8.01. The molecule has 1 aromatic heterocycles. The number of sulfonamides is 1. The number of aromatic nitrogens is 1. The summed E-state index contributed by atoms with van der Waals surface area (Å²) in [6.45, 7) is 0. The first-order valence-electron chi connectivity index (χ1n) is 10.4. The molecule has 3 aromatic rings. The first-order chi connectivity index (χ1) is 14.6. The van der Waals surface area contributed by atoms with Gasteiger partial charge in [-0.3, -0.25) is 4.98 Å². The summed E-state index contributed by atoms with van der Waals surface area (Å²) in [5.41, 5.74) is 1.93. The highest BCUT2D eigenvalue weighted by molar-refractivity contribution is 7.89. The summed E-state index contributed by atoms with van der Waals surface area (Å²) >= 11 is 0. The highest BCUT2D eigenvalue weighted by Crippen LogP contribution is 2.41. The summed E-state index contributed by atoms with van der Waals surface area (Å²) in [4.78, 5) is 4.47. The molecule has 5 nitrogen and oxygen atoms in total. The van der Waals surface area contributed by atoms with Crippen LogP contribution in [0.2, 0.25) is 0 Å². The number of nitrogens with zero attached hydrogens (tertiary/aromatic N) is 2. The van der Waals surface area contributed by atoms with E-state index in [1.54, 1.807) is 28.8 Å². The molecule has 2 bridgehead atoms. The van der Waals surface area contributed by atoms with Crippen molar-refractivity contribution in [3.63, 3.8) is 0 Å². The zero-order valence-corrected chi connectivity index (χ0v) is 17.4. The summed E-state index contributed by atoms with van der Waals surface area (Å²) in [6, 6.07) is 20.9. The molecule has 0 aliphatic carbocycles. The van der Waals surface area contributed by atoms with Gasteiger partial charge in [-0.15, -0.1) is 0 Å². The van der Waals surface area contributed by atoms with E-state index in [1.165, 1.54) is 0 Å². The van der Waals surface area contributed by atoms with Crippen LogP contribution in [0.25, 0.3) is 11.1 Å². The Hall–Kier alpha value is -2.70. The summed E-state index contributed by atoms with van der Waals surface area (Å²) in [5.74, 6) is 0.744. The van der Waals surface area contributed by atoms with Crippen LogP contribution in [0.15, 0.2) is 84.0 Å². The molecule has 2 aliphatic rings. The monoisotopic (exact) mass is 420 g/mol. The molecule has 3 heterocycles. The molecule has 2 aliphatic heterocycles. The molecule has 2 fully saturated rings. The van der Waals surface area contributed by atoms with Crippen molar-refractivity contribution >= 4 is 10.0 Å². The lowest BCUT2D eigenvalue weighted by Gasteiger charge is -2.37. The summed E-state index contributed by atoms with van der Waals surface area (Å²) < 4.78 is 35.0. The maximum absolute atomic E-state index is 13.6. The van der Waals surface area contributed by atoms with Gasteiger partial charge in [-0.2, -0.15) is 4.31 Å². The lowest BCUT2D eigenvalue weighted by Crippen LogP contribution is -2.49. The van der Waals surface area contributed by atoms with Crippen LogP contribution in [0.1, 0.15) is 25.7 Å². The highest BCUT2D eigenvalue weighted by atomic mass is 32.2. The van der Waals surface area contributed by atoms with Crippen LogP contribution in [-0.4, -0.2) is 35.9 Å². The van der Waals surface area contributed by atoms with Gasteiger partial charge in [0.25, 0.3) is 0 Å². The van der Waals surface area contributed by atoms with Crippen molar-refractivity contribution in [1.29, 1.82) is 0 Å². The summed E-state index contributed by atoms with van der Waals surface area (Å²) in [7, 11) is -3.56. The number of fused-ring (bicyclic) bond motifs is 2. The van der Waals surface area contributed by atoms with Crippen molar-refractivity contribution in [2.24, 2.45) is 0 Å². The second-order valence-corrected chi connectivity index (χ2v) is 9.86. The Morgan fingerprint density at radius 2 is 1.60 bits per heavy atom. The number of pyridine rings is 1. The largest absolute Gasteiger partial charge is 0.489 e. The molecule has 154 valence electrons. The minimum Gasteiger partial charge on any atom is -0.489 e. The van der Waals surface area contributed by atoms with E-state index in [-0.39, 0.29) is 18.2 Å². The maximum Gasteiger partial charge on any atom is 0.243 e. The molecule has 0 amide bonds. The van der Waals surface area contributed by atoms with Gasteiger partial charge in [0, 0.05) is 31.1 Å². The van der Waals surface area contributed by atoms with Crippen LogP contribution in [0.5, 0.6) is 5.75 Å². The first-order valence-corrected chi connectivity index (χ1v) is 11.8. The molecule has 2 aromatic carbocycles. The topological polar surface area (TPSA) is 59.5 Å². The van der Waals surface area contributed by atoms with Crippen molar-refractivity contribution in [1.82, 2.24) is 9.29 Å². The number of ether oxygens (including phenoxy) is 1. The molecule has 0 N–H and O–H groups in total. The van der Waals surface area contributed by atoms with Crippen LogP contribution < -0.4 is 4.74 Å². The molecule has 6 heteroatoms. The van der Waals surface area contributed by atoms with E-state index in [0.29, 0.717) is 17.7 Å². The van der Waals surface area contributed by atoms with Crippen LogP contribution in [0, 0.1) is 0 Å². The molecule has 2 unspecified atom stereocenters. The number of rotatable bonds is 5. The average Bonchev–Trinajstić information content (AvgIpc) is 3.07. The lowest BCUT2D eigenvalue weighted by molar-refractivity contribution is 0.0953. The van der Waals surface area contributed by atoms with E-state index in [0.717, 1.165) is 29.7 Å². The van der Waals surface area contributed by atoms with E-state index >= 15 is 0 Å². The van der Waals surface area contributed by atoms with E-state index in [2.05, 4.69) is 4.98 Å². The summed E-state index contributed by atoms with van der Waals surface area (Å²) in [5, 5.41) is 0. The van der Waals surface area contributed by atoms with E-state index < -0.39 is 10.0 Å². The molecule has 0 radical (unpaired) electrons. The molecular weight excluding hydrogens is 396 g/mol. The smallest absolute Gasteiger partial charge is 0.243 e. The highest BCUT2D eigenvalue weighted by Gasteiger charge is 2.47. The fraction of sp³-hybridized carbons (Fsp3) is 0.292. The lowest BCUT2D eigenvalue weighted by atomic mass is 10.0. The predicted octanol–water partition coefficient (Wildman–Crippen LogP) is 4.51. The van der Waals surface area contributed by atoms with Crippen molar-refractivity contribution in [3.8, 4) is 16.9 Å². The third-order valence-corrected chi connectivity index (χ3v) is 8.08. The molecule has 2 atom stereocenters. The van der Waals surface area contributed by atoms with Gasteiger partial charge in [-0.05, 0) is 48.2 Å². The normalized spacial score (nSPS) is 23.9. The van der Waals surface area contributed by atoms with Gasteiger partial charge in [0.2, 0.25) is 10.0 Å². The molecule has 0 spiro atoms. The molecule has 30 heavy (non-hydrogen) atoms. The minimum absolute atomic E-state index is 0.0178. The van der Waals surface area contributed by atoms with E-state index in [4.69, 9.17) is 4.74 Å². The Bertz CT molecular complexity index is 1110. The Labute approximate surface area is 177 Å². The number of benzene rings is 2. The first kappa shape index (κ1) is 19.3. The Balaban J connectivity index is 1.38. The molecule has 5 rings (SSSR count). The fourth-order valence-electron chi connectivity index (χ4n) is 4.77. The van der Waals surface area contributed by atoms with Gasteiger partial charge in [0.15, 0.2) is 0 Å². The van der Waals surface area contributed by atoms with Crippen LogP contribution in [-0.2, 0) is 10.0 Å². The Morgan fingerprint density at radius 1 is 0.867 bits per heavy atom. The van der Waals surface area contributed by atoms with Gasteiger partial charge in [-0.1, -0.05) is 42.5 Å². The van der Waals surface area contributed by atoms with E-state index in [1.807, 2.05) is 54.6 Å². The van der Waals surface area contributed by atoms with Crippen LogP contribution in [0.4, 0.5) is 0 Å². The number of hydrogen-bond donors (Lipinski definition) is 0. The Morgan fingerprint density at radius 3 is 2.30 bits per heavy atom. The van der Waals surface area contributed by atoms with Crippen molar-refractivity contribution < 1.29 is 13.2 Å². The van der Waals surface area contributed by atoms with Gasteiger partial charge < -0.3 is 4.74 Å². The predicted molar refractivity (Wildman–Crippen MR) is 116 cm³/mol. The third kappa shape index (κ3) is 3.61. The Kier molecular flexibility index (Phi) is 5.05. The quantitative estimate of drug-likeness (QED) is 0.609. The van der Waals surface area contributed by atoms with Gasteiger partial charge in [0.1, 0.15) is 11.9 Å². The minimum atomic E-state index is -3.56. The maximum atomic E-state index is 13.6. The SMILES string of the molecule is O=S(=O)(c1cccc(-c2ccccc2)c1)N1C2CCC1CC(Oc1cccnc1)C2. The van der Waals surface area contributed by atoms with Crippen molar-refractivity contribution in [2.45, 2.75) is 48.8 Å².